The maximum absolute atomic E-state index is 5.53. The highest BCUT2D eigenvalue weighted by atomic mass is 16.5. The fourth-order valence-electron chi connectivity index (χ4n) is 2.27. The number of aryl methyl sites for hydroxylation is 2. The summed E-state index contributed by atoms with van der Waals surface area (Å²) in [6.45, 7) is 5.21. The lowest BCUT2D eigenvalue weighted by atomic mass is 9.97. The monoisotopic (exact) mass is 236 g/mol. The van der Waals surface area contributed by atoms with Crippen LogP contribution in [0.25, 0.3) is 0 Å². The van der Waals surface area contributed by atoms with Crippen molar-refractivity contribution in [3.8, 4) is 5.75 Å². The maximum Gasteiger partial charge on any atom is 0.126 e. The van der Waals surface area contributed by atoms with Gasteiger partial charge < -0.3 is 15.4 Å². The molecular weight excluding hydrogens is 212 g/mol. The fraction of sp³-hybridized carbons (Fsp3) is 0.571. The highest BCUT2D eigenvalue weighted by molar-refractivity contribution is 5.45. The van der Waals surface area contributed by atoms with E-state index in [1.54, 1.807) is 7.11 Å². The quantitative estimate of drug-likeness (QED) is 0.794. The third kappa shape index (κ3) is 3.45. The van der Waals surface area contributed by atoms with Crippen LogP contribution in [0.3, 0.4) is 0 Å². The Morgan fingerprint density at radius 2 is 1.94 bits per heavy atom. The summed E-state index contributed by atoms with van der Waals surface area (Å²) in [7, 11) is 5.72. The van der Waals surface area contributed by atoms with Gasteiger partial charge in [-0.3, -0.25) is 0 Å². The molecule has 0 saturated carbocycles. The summed E-state index contributed by atoms with van der Waals surface area (Å²) in [6, 6.07) is 4.70. The van der Waals surface area contributed by atoms with E-state index in [1.807, 2.05) is 14.1 Å². The number of nitrogens with one attached hydrogen (secondary N) is 2. The molecule has 0 bridgehead atoms. The molecule has 96 valence electrons. The van der Waals surface area contributed by atoms with Crippen LogP contribution in [0.2, 0.25) is 0 Å². The van der Waals surface area contributed by atoms with Crippen molar-refractivity contribution >= 4 is 0 Å². The van der Waals surface area contributed by atoms with Gasteiger partial charge in [-0.05, 0) is 46.5 Å². The van der Waals surface area contributed by atoms with E-state index in [-0.39, 0.29) is 0 Å². The molecule has 0 aromatic heterocycles. The Labute approximate surface area is 105 Å². The zero-order valence-corrected chi connectivity index (χ0v) is 11.6. The standard InChI is InChI=1S/C14H24N2O/c1-10-8-11(2)14(17-5)12(9-10)13(16-4)6-7-15-3/h8-9,13,15-16H,6-7H2,1-5H3. The second kappa shape index (κ2) is 6.62. The van der Waals surface area contributed by atoms with Gasteiger partial charge in [0, 0.05) is 11.6 Å². The second-order valence-corrected chi connectivity index (χ2v) is 4.44. The predicted molar refractivity (Wildman–Crippen MR) is 72.8 cm³/mol. The van der Waals surface area contributed by atoms with Gasteiger partial charge in [0.25, 0.3) is 0 Å². The summed E-state index contributed by atoms with van der Waals surface area (Å²) < 4.78 is 5.53. The number of hydrogen-bond donors (Lipinski definition) is 2. The van der Waals surface area contributed by atoms with Gasteiger partial charge in [-0.25, -0.2) is 0 Å². The number of rotatable bonds is 6. The molecule has 1 unspecified atom stereocenters. The van der Waals surface area contributed by atoms with Crippen LogP contribution in [-0.2, 0) is 0 Å². The Morgan fingerprint density at radius 3 is 2.47 bits per heavy atom. The zero-order chi connectivity index (χ0) is 12.8. The molecule has 2 N–H and O–H groups in total. The average molecular weight is 236 g/mol. The molecule has 0 aliphatic carbocycles. The normalized spacial score (nSPS) is 12.5. The van der Waals surface area contributed by atoms with E-state index in [4.69, 9.17) is 4.74 Å². The van der Waals surface area contributed by atoms with Crippen LogP contribution < -0.4 is 15.4 Å². The Bertz CT molecular complexity index is 363. The van der Waals surface area contributed by atoms with E-state index in [0.29, 0.717) is 6.04 Å². The molecule has 0 spiro atoms. The molecule has 0 aliphatic rings. The summed E-state index contributed by atoms with van der Waals surface area (Å²) >= 11 is 0. The van der Waals surface area contributed by atoms with Crippen LogP contribution >= 0.6 is 0 Å². The van der Waals surface area contributed by atoms with E-state index in [0.717, 1.165) is 18.7 Å². The minimum atomic E-state index is 0.330. The molecular formula is C14H24N2O. The first-order valence-electron chi connectivity index (χ1n) is 6.11. The van der Waals surface area contributed by atoms with E-state index < -0.39 is 0 Å². The van der Waals surface area contributed by atoms with Crippen LogP contribution in [0.15, 0.2) is 12.1 Å². The van der Waals surface area contributed by atoms with Gasteiger partial charge in [-0.1, -0.05) is 17.7 Å². The molecule has 1 aromatic carbocycles. The summed E-state index contributed by atoms with van der Waals surface area (Å²) in [5.74, 6) is 1.01. The fourth-order valence-corrected chi connectivity index (χ4v) is 2.27. The van der Waals surface area contributed by atoms with E-state index in [9.17, 15) is 0 Å². The number of ether oxygens (including phenoxy) is 1. The molecule has 0 radical (unpaired) electrons. The minimum absolute atomic E-state index is 0.330. The lowest BCUT2D eigenvalue weighted by Gasteiger charge is -2.21. The smallest absolute Gasteiger partial charge is 0.126 e. The van der Waals surface area contributed by atoms with Crippen molar-refractivity contribution in [2.45, 2.75) is 26.3 Å². The zero-order valence-electron chi connectivity index (χ0n) is 11.6. The molecule has 1 rings (SSSR count). The molecule has 1 atom stereocenters. The molecule has 17 heavy (non-hydrogen) atoms. The third-order valence-electron chi connectivity index (χ3n) is 3.06. The second-order valence-electron chi connectivity index (χ2n) is 4.44. The van der Waals surface area contributed by atoms with Gasteiger partial charge in [-0.15, -0.1) is 0 Å². The molecule has 0 fully saturated rings. The maximum atomic E-state index is 5.53. The predicted octanol–water partition coefficient (Wildman–Crippen LogP) is 2.18. The summed E-state index contributed by atoms with van der Waals surface area (Å²) in [5, 5.41) is 6.55. The lowest BCUT2D eigenvalue weighted by Crippen LogP contribution is -2.22. The van der Waals surface area contributed by atoms with E-state index in [1.165, 1.54) is 16.7 Å². The van der Waals surface area contributed by atoms with Crippen molar-refractivity contribution in [1.29, 1.82) is 0 Å². The van der Waals surface area contributed by atoms with Gasteiger partial charge in [0.1, 0.15) is 5.75 Å². The number of benzene rings is 1. The van der Waals surface area contributed by atoms with Crippen molar-refractivity contribution in [2.75, 3.05) is 27.7 Å². The molecule has 0 saturated heterocycles. The van der Waals surface area contributed by atoms with Crippen LogP contribution in [0.4, 0.5) is 0 Å². The van der Waals surface area contributed by atoms with Crippen molar-refractivity contribution in [2.24, 2.45) is 0 Å². The Hall–Kier alpha value is -1.06. The summed E-state index contributed by atoms with van der Waals surface area (Å²) in [4.78, 5) is 0. The molecule has 0 aliphatic heterocycles. The minimum Gasteiger partial charge on any atom is -0.496 e. The van der Waals surface area contributed by atoms with Crippen LogP contribution in [0, 0.1) is 13.8 Å². The van der Waals surface area contributed by atoms with Gasteiger partial charge in [0.05, 0.1) is 7.11 Å². The van der Waals surface area contributed by atoms with Crippen molar-refractivity contribution in [3.63, 3.8) is 0 Å². The van der Waals surface area contributed by atoms with Gasteiger partial charge in [0.15, 0.2) is 0 Å². The number of methoxy groups -OCH3 is 1. The van der Waals surface area contributed by atoms with Crippen molar-refractivity contribution < 1.29 is 4.74 Å². The highest BCUT2D eigenvalue weighted by Crippen LogP contribution is 2.31. The van der Waals surface area contributed by atoms with Gasteiger partial charge in [0.2, 0.25) is 0 Å². The van der Waals surface area contributed by atoms with Crippen LogP contribution in [-0.4, -0.2) is 27.7 Å². The first-order valence-corrected chi connectivity index (χ1v) is 6.11. The molecule has 0 amide bonds. The molecule has 1 aromatic rings. The Morgan fingerprint density at radius 1 is 1.24 bits per heavy atom. The Balaban J connectivity index is 3.07. The SMILES string of the molecule is CNCCC(NC)c1cc(C)cc(C)c1OC. The lowest BCUT2D eigenvalue weighted by molar-refractivity contribution is 0.395. The molecule has 3 nitrogen and oxygen atoms in total. The van der Waals surface area contributed by atoms with Crippen LogP contribution in [0.1, 0.15) is 29.2 Å². The van der Waals surface area contributed by atoms with Crippen molar-refractivity contribution in [3.05, 3.63) is 28.8 Å². The van der Waals surface area contributed by atoms with E-state index in [2.05, 4.69) is 36.6 Å². The van der Waals surface area contributed by atoms with Gasteiger partial charge in [-0.2, -0.15) is 0 Å². The largest absolute Gasteiger partial charge is 0.496 e. The van der Waals surface area contributed by atoms with Gasteiger partial charge >= 0.3 is 0 Å². The molecule has 0 heterocycles. The Kier molecular flexibility index (Phi) is 5.45. The third-order valence-corrected chi connectivity index (χ3v) is 3.06. The van der Waals surface area contributed by atoms with Crippen molar-refractivity contribution in [1.82, 2.24) is 10.6 Å². The van der Waals surface area contributed by atoms with E-state index >= 15 is 0 Å². The summed E-state index contributed by atoms with van der Waals surface area (Å²) in [5.41, 5.74) is 3.73. The number of hydrogen-bond acceptors (Lipinski definition) is 3. The highest BCUT2D eigenvalue weighted by Gasteiger charge is 2.16. The first-order chi connectivity index (χ1) is 8.13. The summed E-state index contributed by atoms with van der Waals surface area (Å²) in [6.07, 6.45) is 1.05. The van der Waals surface area contributed by atoms with Crippen LogP contribution in [0.5, 0.6) is 5.75 Å². The average Bonchev–Trinajstić information content (AvgIpc) is 2.29. The topological polar surface area (TPSA) is 33.3 Å². The first kappa shape index (κ1) is 14.0. The molecule has 3 heteroatoms.